The van der Waals surface area contributed by atoms with Crippen molar-refractivity contribution < 1.29 is 13.2 Å². The van der Waals surface area contributed by atoms with Gasteiger partial charge in [0.2, 0.25) is 0 Å². The first kappa shape index (κ1) is 19.0. The van der Waals surface area contributed by atoms with Crippen molar-refractivity contribution in [2.75, 3.05) is 23.3 Å². The molecule has 0 spiro atoms. The highest BCUT2D eigenvalue weighted by Crippen LogP contribution is 2.31. The van der Waals surface area contributed by atoms with Crippen LogP contribution in [0.25, 0.3) is 0 Å². The minimum Gasteiger partial charge on any atom is -0.356 e. The Morgan fingerprint density at radius 3 is 2.32 bits per heavy atom. The SMILES string of the molecule is CCCN(CCC)c1cc(Nc2cccc(C(F)(F)F)c2)nc(C)n1. The van der Waals surface area contributed by atoms with Gasteiger partial charge in [-0.25, -0.2) is 9.97 Å². The number of benzene rings is 1. The summed E-state index contributed by atoms with van der Waals surface area (Å²) in [6, 6.07) is 6.86. The van der Waals surface area contributed by atoms with Gasteiger partial charge in [-0.15, -0.1) is 0 Å². The van der Waals surface area contributed by atoms with E-state index in [0.29, 0.717) is 17.3 Å². The first-order valence-electron chi connectivity index (χ1n) is 8.38. The zero-order chi connectivity index (χ0) is 18.4. The van der Waals surface area contributed by atoms with Crippen molar-refractivity contribution in [1.82, 2.24) is 9.97 Å². The lowest BCUT2D eigenvalue weighted by Gasteiger charge is -2.23. The number of nitrogens with one attached hydrogen (secondary N) is 1. The minimum atomic E-state index is -4.37. The van der Waals surface area contributed by atoms with E-state index < -0.39 is 11.7 Å². The summed E-state index contributed by atoms with van der Waals surface area (Å²) in [5.74, 6) is 1.84. The quantitative estimate of drug-likeness (QED) is 0.746. The Morgan fingerprint density at radius 1 is 1.04 bits per heavy atom. The topological polar surface area (TPSA) is 41.0 Å². The third kappa shape index (κ3) is 5.34. The summed E-state index contributed by atoms with van der Waals surface area (Å²) in [5, 5.41) is 2.96. The Hall–Kier alpha value is -2.31. The summed E-state index contributed by atoms with van der Waals surface area (Å²) in [7, 11) is 0. The van der Waals surface area contributed by atoms with Crippen LogP contribution in [-0.2, 0) is 6.18 Å². The van der Waals surface area contributed by atoms with Crippen LogP contribution < -0.4 is 10.2 Å². The van der Waals surface area contributed by atoms with Gasteiger partial charge in [0, 0.05) is 24.8 Å². The molecule has 1 N–H and O–H groups in total. The maximum absolute atomic E-state index is 12.9. The number of alkyl halides is 3. The molecule has 0 atom stereocenters. The van der Waals surface area contributed by atoms with Crippen molar-refractivity contribution in [1.29, 1.82) is 0 Å². The number of aromatic nitrogens is 2. The fraction of sp³-hybridized carbons (Fsp3) is 0.444. The molecule has 0 aliphatic carbocycles. The molecule has 0 radical (unpaired) electrons. The van der Waals surface area contributed by atoms with E-state index in [1.165, 1.54) is 6.07 Å². The Kier molecular flexibility index (Phi) is 6.22. The number of hydrogen-bond donors (Lipinski definition) is 1. The van der Waals surface area contributed by atoms with Crippen molar-refractivity contribution in [2.45, 2.75) is 39.8 Å². The van der Waals surface area contributed by atoms with Gasteiger partial charge < -0.3 is 10.2 Å². The van der Waals surface area contributed by atoms with Crippen LogP contribution in [0.1, 0.15) is 38.1 Å². The van der Waals surface area contributed by atoms with Crippen molar-refractivity contribution in [2.24, 2.45) is 0 Å². The summed E-state index contributed by atoms with van der Waals surface area (Å²) in [5.41, 5.74) is -0.349. The van der Waals surface area contributed by atoms with Crippen molar-refractivity contribution in [3.63, 3.8) is 0 Å². The molecule has 7 heteroatoms. The second kappa shape index (κ2) is 8.18. The lowest BCUT2D eigenvalue weighted by atomic mass is 10.2. The molecule has 2 rings (SSSR count). The molecule has 0 aliphatic heterocycles. The first-order valence-corrected chi connectivity index (χ1v) is 8.38. The summed E-state index contributed by atoms with van der Waals surface area (Å²) >= 11 is 0. The lowest BCUT2D eigenvalue weighted by molar-refractivity contribution is -0.137. The number of halogens is 3. The fourth-order valence-corrected chi connectivity index (χ4v) is 2.58. The monoisotopic (exact) mass is 352 g/mol. The Labute approximate surface area is 146 Å². The zero-order valence-electron chi connectivity index (χ0n) is 14.7. The largest absolute Gasteiger partial charge is 0.416 e. The number of nitrogens with zero attached hydrogens (tertiary/aromatic N) is 3. The van der Waals surface area contributed by atoms with E-state index in [1.54, 1.807) is 19.1 Å². The second-order valence-corrected chi connectivity index (χ2v) is 5.85. The van der Waals surface area contributed by atoms with Gasteiger partial charge in [-0.3, -0.25) is 0 Å². The van der Waals surface area contributed by atoms with Crippen LogP contribution in [0.3, 0.4) is 0 Å². The van der Waals surface area contributed by atoms with Gasteiger partial charge in [-0.1, -0.05) is 19.9 Å². The number of hydrogen-bond acceptors (Lipinski definition) is 4. The van der Waals surface area contributed by atoms with Crippen LogP contribution in [0.4, 0.5) is 30.5 Å². The van der Waals surface area contributed by atoms with Gasteiger partial charge in [0.05, 0.1) is 5.56 Å². The maximum atomic E-state index is 12.9. The van der Waals surface area contributed by atoms with Crippen molar-refractivity contribution >= 4 is 17.3 Å². The number of aryl methyl sites for hydroxylation is 1. The molecule has 4 nitrogen and oxygen atoms in total. The third-order valence-electron chi connectivity index (χ3n) is 3.60. The highest BCUT2D eigenvalue weighted by Gasteiger charge is 2.30. The maximum Gasteiger partial charge on any atom is 0.416 e. The molecule has 0 saturated carbocycles. The second-order valence-electron chi connectivity index (χ2n) is 5.85. The molecule has 1 heterocycles. The van der Waals surface area contributed by atoms with Crippen LogP contribution in [0.15, 0.2) is 30.3 Å². The van der Waals surface area contributed by atoms with Gasteiger partial charge in [-0.2, -0.15) is 13.2 Å². The van der Waals surface area contributed by atoms with E-state index >= 15 is 0 Å². The van der Waals surface area contributed by atoms with Gasteiger partial charge in [0.1, 0.15) is 17.5 Å². The van der Waals surface area contributed by atoms with E-state index in [1.807, 2.05) is 0 Å². The van der Waals surface area contributed by atoms with Crippen molar-refractivity contribution in [3.05, 3.63) is 41.7 Å². The highest BCUT2D eigenvalue weighted by atomic mass is 19.4. The van der Waals surface area contributed by atoms with Gasteiger partial charge in [0.15, 0.2) is 0 Å². The highest BCUT2D eigenvalue weighted by molar-refractivity contribution is 5.60. The van der Waals surface area contributed by atoms with Gasteiger partial charge >= 0.3 is 6.18 Å². The van der Waals surface area contributed by atoms with E-state index in [-0.39, 0.29) is 0 Å². The van der Waals surface area contributed by atoms with Crippen LogP contribution in [0, 0.1) is 6.92 Å². The molecule has 2 aromatic rings. The minimum absolute atomic E-state index is 0.344. The molecule has 0 bridgehead atoms. The molecule has 0 aliphatic rings. The van der Waals surface area contributed by atoms with Crippen molar-refractivity contribution in [3.8, 4) is 0 Å². The molecule has 136 valence electrons. The van der Waals surface area contributed by atoms with Gasteiger partial charge in [0.25, 0.3) is 0 Å². The standard InChI is InChI=1S/C18H23F3N4/c1-4-9-25(10-5-2)17-12-16(22-13(3)23-17)24-15-8-6-7-14(11-15)18(19,20)21/h6-8,11-12H,4-5,9-10H2,1-3H3,(H,22,23,24). The Bertz CT molecular complexity index is 695. The molecule has 0 fully saturated rings. The predicted octanol–water partition coefficient (Wildman–Crippen LogP) is 5.17. The van der Waals surface area contributed by atoms with Crippen LogP contribution in [0.5, 0.6) is 0 Å². The molecule has 0 amide bonds. The van der Waals surface area contributed by atoms with Crippen LogP contribution in [0.2, 0.25) is 0 Å². The molecule has 0 unspecified atom stereocenters. The normalized spacial score (nSPS) is 11.4. The first-order chi connectivity index (χ1) is 11.8. The Morgan fingerprint density at radius 2 is 1.72 bits per heavy atom. The molecule has 1 aromatic heterocycles. The molecule has 0 saturated heterocycles. The number of rotatable bonds is 7. The van der Waals surface area contributed by atoms with Crippen LogP contribution in [-0.4, -0.2) is 23.1 Å². The van der Waals surface area contributed by atoms with Crippen LogP contribution >= 0.6 is 0 Å². The summed E-state index contributed by atoms with van der Waals surface area (Å²) in [6.45, 7) is 7.70. The molecule has 1 aromatic carbocycles. The predicted molar refractivity (Wildman–Crippen MR) is 94.3 cm³/mol. The molecule has 25 heavy (non-hydrogen) atoms. The lowest BCUT2D eigenvalue weighted by Crippen LogP contribution is -2.26. The summed E-state index contributed by atoms with van der Waals surface area (Å²) < 4.78 is 38.6. The smallest absolute Gasteiger partial charge is 0.356 e. The van der Waals surface area contributed by atoms with E-state index in [2.05, 4.69) is 34.0 Å². The molecular weight excluding hydrogens is 329 g/mol. The Balaban J connectivity index is 2.28. The average Bonchev–Trinajstić information content (AvgIpc) is 2.53. The molecular formula is C18H23F3N4. The van der Waals surface area contributed by atoms with E-state index in [4.69, 9.17) is 0 Å². The van der Waals surface area contributed by atoms with Gasteiger partial charge in [-0.05, 0) is 38.0 Å². The summed E-state index contributed by atoms with van der Waals surface area (Å²) in [6.07, 6.45) is -2.40. The average molecular weight is 352 g/mol. The summed E-state index contributed by atoms with van der Waals surface area (Å²) in [4.78, 5) is 10.9. The number of anilines is 3. The van der Waals surface area contributed by atoms with E-state index in [0.717, 1.165) is 43.9 Å². The third-order valence-corrected chi connectivity index (χ3v) is 3.60. The zero-order valence-corrected chi connectivity index (χ0v) is 14.7. The fourth-order valence-electron chi connectivity index (χ4n) is 2.58. The van der Waals surface area contributed by atoms with E-state index in [9.17, 15) is 13.2 Å².